The molecule has 9 rings (SSSR count). The molecule has 0 spiro atoms. The van der Waals surface area contributed by atoms with Gasteiger partial charge in [0.25, 0.3) is 0 Å². The van der Waals surface area contributed by atoms with Crippen LogP contribution in [0.2, 0.25) is 0 Å². The van der Waals surface area contributed by atoms with Gasteiger partial charge < -0.3 is 8.98 Å². The van der Waals surface area contributed by atoms with Crippen molar-refractivity contribution in [3.8, 4) is 39.9 Å². The number of fused-ring (bicyclic) bond motifs is 6. The van der Waals surface area contributed by atoms with Crippen LogP contribution in [0.25, 0.3) is 83.6 Å². The van der Waals surface area contributed by atoms with Gasteiger partial charge in [-0.25, -0.2) is 15.0 Å². The Kier molecular flexibility index (Phi) is 5.43. The Morgan fingerprint density at radius 1 is 0.432 bits per heavy atom. The smallest absolute Gasteiger partial charge is 0.164 e. The Balaban J connectivity index is 1.32. The van der Waals surface area contributed by atoms with Crippen molar-refractivity contribution in [2.75, 3.05) is 0 Å². The molecule has 0 unspecified atom stereocenters. The van der Waals surface area contributed by atoms with Crippen LogP contribution in [0.5, 0.6) is 0 Å². The summed E-state index contributed by atoms with van der Waals surface area (Å²) in [7, 11) is 0. The molecule has 5 nitrogen and oxygen atoms in total. The van der Waals surface area contributed by atoms with Crippen molar-refractivity contribution in [2.45, 2.75) is 0 Å². The Morgan fingerprint density at radius 2 is 1.07 bits per heavy atom. The van der Waals surface area contributed by atoms with Crippen LogP contribution < -0.4 is 0 Å². The molecule has 3 aromatic heterocycles. The highest BCUT2D eigenvalue weighted by Gasteiger charge is 2.19. The number of benzene rings is 6. The summed E-state index contributed by atoms with van der Waals surface area (Å²) in [6.07, 6.45) is 0. The molecule has 0 saturated heterocycles. The molecule has 44 heavy (non-hydrogen) atoms. The summed E-state index contributed by atoms with van der Waals surface area (Å²) in [4.78, 5) is 15.2. The molecule has 0 N–H and O–H groups in total. The maximum atomic E-state index is 6.20. The number of furan rings is 1. The fourth-order valence-electron chi connectivity index (χ4n) is 6.27. The van der Waals surface area contributed by atoms with Crippen molar-refractivity contribution in [2.24, 2.45) is 0 Å². The van der Waals surface area contributed by atoms with Gasteiger partial charge in [0.1, 0.15) is 11.2 Å². The molecule has 3 heterocycles. The second kappa shape index (κ2) is 9.75. The SMILES string of the molecule is c1ccc(-c2nc(-c3ccc4c5ccccc5n(-c5ccccc5)c4c3)nc(-c3cccc4oc5ccccc5c34)n2)cc1. The third-order valence-electron chi connectivity index (χ3n) is 8.26. The van der Waals surface area contributed by atoms with Crippen LogP contribution in [0.1, 0.15) is 0 Å². The third-order valence-corrected chi connectivity index (χ3v) is 8.26. The normalized spacial score (nSPS) is 11.6. The topological polar surface area (TPSA) is 56.7 Å². The first-order valence-corrected chi connectivity index (χ1v) is 14.6. The predicted octanol–water partition coefficient (Wildman–Crippen LogP) is 9.87. The summed E-state index contributed by atoms with van der Waals surface area (Å²) >= 11 is 0. The summed E-state index contributed by atoms with van der Waals surface area (Å²) in [6, 6.07) is 49.8. The molecule has 9 aromatic rings. The van der Waals surface area contributed by atoms with E-state index in [1.165, 1.54) is 10.8 Å². The largest absolute Gasteiger partial charge is 0.456 e. The second-order valence-electron chi connectivity index (χ2n) is 10.9. The second-order valence-corrected chi connectivity index (χ2v) is 10.9. The van der Waals surface area contributed by atoms with Gasteiger partial charge in [-0.05, 0) is 36.4 Å². The highest BCUT2D eigenvalue weighted by atomic mass is 16.3. The zero-order chi connectivity index (χ0) is 29.0. The predicted molar refractivity (Wildman–Crippen MR) is 178 cm³/mol. The molecule has 0 aliphatic heterocycles. The molecule has 0 fully saturated rings. The fourth-order valence-corrected chi connectivity index (χ4v) is 6.27. The van der Waals surface area contributed by atoms with Gasteiger partial charge in [0, 0.05) is 43.9 Å². The van der Waals surface area contributed by atoms with Crippen molar-refractivity contribution < 1.29 is 4.42 Å². The Bertz CT molecular complexity index is 2490. The minimum Gasteiger partial charge on any atom is -0.456 e. The van der Waals surface area contributed by atoms with Crippen LogP contribution in [0.15, 0.2) is 150 Å². The summed E-state index contributed by atoms with van der Waals surface area (Å²) in [5.41, 5.74) is 7.77. The first-order valence-electron chi connectivity index (χ1n) is 14.6. The molecule has 6 aromatic carbocycles. The minimum absolute atomic E-state index is 0.606. The van der Waals surface area contributed by atoms with E-state index in [9.17, 15) is 0 Å². The van der Waals surface area contributed by atoms with Crippen molar-refractivity contribution in [1.82, 2.24) is 19.5 Å². The van der Waals surface area contributed by atoms with Crippen LogP contribution in [0, 0.1) is 0 Å². The van der Waals surface area contributed by atoms with Crippen LogP contribution in [0.4, 0.5) is 0 Å². The molecule has 206 valence electrons. The van der Waals surface area contributed by atoms with Crippen LogP contribution in [-0.2, 0) is 0 Å². The molecule has 0 bridgehead atoms. The zero-order valence-corrected chi connectivity index (χ0v) is 23.6. The van der Waals surface area contributed by atoms with Crippen LogP contribution in [-0.4, -0.2) is 19.5 Å². The van der Waals surface area contributed by atoms with E-state index < -0.39 is 0 Å². The lowest BCUT2D eigenvalue weighted by atomic mass is 10.1. The van der Waals surface area contributed by atoms with E-state index >= 15 is 0 Å². The summed E-state index contributed by atoms with van der Waals surface area (Å²) in [6.45, 7) is 0. The molecule has 0 saturated carbocycles. The summed E-state index contributed by atoms with van der Waals surface area (Å²) in [5, 5.41) is 4.42. The first-order chi connectivity index (χ1) is 21.8. The van der Waals surface area contributed by atoms with Crippen LogP contribution >= 0.6 is 0 Å². The standard InChI is InChI=1S/C39H24N4O/c1-3-12-25(13-4-1)37-40-38(42-39(41-37)31-18-11-21-35-36(31)30-17-8-10-20-34(30)44-35)26-22-23-29-28-16-7-9-19-32(28)43(33(29)24-26)27-14-5-2-6-15-27/h1-24H. The lowest BCUT2D eigenvalue weighted by Gasteiger charge is -2.11. The molecular weight excluding hydrogens is 540 g/mol. The van der Waals surface area contributed by atoms with E-state index in [2.05, 4.69) is 83.4 Å². The van der Waals surface area contributed by atoms with E-state index in [-0.39, 0.29) is 0 Å². The van der Waals surface area contributed by atoms with Crippen molar-refractivity contribution in [1.29, 1.82) is 0 Å². The van der Waals surface area contributed by atoms with E-state index in [1.807, 2.05) is 66.7 Å². The van der Waals surface area contributed by atoms with Crippen molar-refractivity contribution >= 4 is 43.7 Å². The number of rotatable bonds is 4. The maximum absolute atomic E-state index is 6.20. The van der Waals surface area contributed by atoms with Gasteiger partial charge in [-0.15, -0.1) is 0 Å². The number of hydrogen-bond acceptors (Lipinski definition) is 4. The van der Waals surface area contributed by atoms with Gasteiger partial charge in [0.15, 0.2) is 17.5 Å². The quantitative estimate of drug-likeness (QED) is 0.213. The number of aromatic nitrogens is 4. The minimum atomic E-state index is 0.606. The summed E-state index contributed by atoms with van der Waals surface area (Å²) in [5.74, 6) is 1.85. The maximum Gasteiger partial charge on any atom is 0.164 e. The lowest BCUT2D eigenvalue weighted by molar-refractivity contribution is 0.669. The Hall–Kier alpha value is -6.07. The number of nitrogens with zero attached hydrogens (tertiary/aromatic N) is 4. The first kappa shape index (κ1) is 24.5. The van der Waals surface area contributed by atoms with E-state index in [0.29, 0.717) is 17.5 Å². The average Bonchev–Trinajstić information content (AvgIpc) is 3.64. The van der Waals surface area contributed by atoms with Crippen molar-refractivity contribution in [3.05, 3.63) is 146 Å². The highest BCUT2D eigenvalue weighted by Crippen LogP contribution is 2.38. The Labute approximate surface area is 252 Å². The lowest BCUT2D eigenvalue weighted by Crippen LogP contribution is -2.00. The Morgan fingerprint density at radius 3 is 1.91 bits per heavy atom. The molecule has 0 radical (unpaired) electrons. The molecule has 0 atom stereocenters. The van der Waals surface area contributed by atoms with Gasteiger partial charge >= 0.3 is 0 Å². The van der Waals surface area contributed by atoms with Gasteiger partial charge in [-0.1, -0.05) is 109 Å². The van der Waals surface area contributed by atoms with Crippen molar-refractivity contribution in [3.63, 3.8) is 0 Å². The monoisotopic (exact) mass is 564 g/mol. The van der Waals surface area contributed by atoms with E-state index in [4.69, 9.17) is 19.4 Å². The summed E-state index contributed by atoms with van der Waals surface area (Å²) < 4.78 is 8.51. The van der Waals surface area contributed by atoms with E-state index in [0.717, 1.165) is 55.3 Å². The van der Waals surface area contributed by atoms with Gasteiger partial charge in [0.05, 0.1) is 11.0 Å². The number of hydrogen-bond donors (Lipinski definition) is 0. The molecular formula is C39H24N4O. The average molecular weight is 565 g/mol. The molecule has 0 aliphatic rings. The molecule has 0 amide bonds. The van der Waals surface area contributed by atoms with Crippen LogP contribution in [0.3, 0.4) is 0 Å². The molecule has 5 heteroatoms. The van der Waals surface area contributed by atoms with E-state index in [1.54, 1.807) is 0 Å². The van der Waals surface area contributed by atoms with Gasteiger partial charge in [-0.2, -0.15) is 0 Å². The fraction of sp³-hybridized carbons (Fsp3) is 0. The third kappa shape index (κ3) is 3.83. The number of para-hydroxylation sites is 3. The zero-order valence-electron chi connectivity index (χ0n) is 23.6. The molecule has 0 aliphatic carbocycles. The van der Waals surface area contributed by atoms with Gasteiger partial charge in [-0.3, -0.25) is 0 Å². The van der Waals surface area contributed by atoms with Gasteiger partial charge in [0.2, 0.25) is 0 Å². The highest BCUT2D eigenvalue weighted by molar-refractivity contribution is 6.12.